The van der Waals surface area contributed by atoms with Gasteiger partial charge in [-0.3, -0.25) is 19.6 Å². The molecule has 0 aliphatic rings. The minimum Gasteiger partial charge on any atom is -0.480 e. The zero-order valence-electron chi connectivity index (χ0n) is 20.4. The number of rotatable bonds is 10. The lowest BCUT2D eigenvalue weighted by atomic mass is 9.85. The molecule has 11 heteroatoms. The van der Waals surface area contributed by atoms with Gasteiger partial charge in [0.25, 0.3) is 0 Å². The first-order chi connectivity index (χ1) is 15.8. The average molecular weight is 482 g/mol. The van der Waals surface area contributed by atoms with Gasteiger partial charge < -0.3 is 20.5 Å². The highest BCUT2D eigenvalue weighted by Crippen LogP contribution is 2.22. The molecule has 5 N–H and O–H groups in total. The number of hydrogen-bond donors (Lipinski definition) is 5. The molecular formula is C23H35N3O8. The van der Waals surface area contributed by atoms with Crippen LogP contribution in [0.3, 0.4) is 0 Å². The second kappa shape index (κ2) is 14.6. The summed E-state index contributed by atoms with van der Waals surface area (Å²) in [7, 11) is 1.32. The lowest BCUT2D eigenvalue weighted by Gasteiger charge is -2.29. The molecule has 0 aliphatic heterocycles. The number of nitrogens with one attached hydrogen (secondary N) is 3. The first-order valence-electron chi connectivity index (χ1n) is 10.6. The number of amides is 3. The average Bonchev–Trinajstić information content (AvgIpc) is 2.76. The van der Waals surface area contributed by atoms with E-state index >= 15 is 0 Å². The van der Waals surface area contributed by atoms with E-state index in [1.807, 2.05) is 13.8 Å². The molecule has 1 aromatic rings. The summed E-state index contributed by atoms with van der Waals surface area (Å²) in [5.41, 5.74) is 1.94. The Labute approximate surface area is 199 Å². The predicted molar refractivity (Wildman–Crippen MR) is 124 cm³/mol. The number of esters is 1. The molecular weight excluding hydrogens is 446 g/mol. The molecule has 3 amide bonds. The number of hydrogen-bond acceptors (Lipinski definition) is 7. The SMILES string of the molecule is CC(C)CC(CC(=O)NO)C(=O)N[C@H](C(=O)O)C(C)(C)C.COC(=O)c1ccc(NC=O)cc1. The van der Waals surface area contributed by atoms with E-state index in [0.717, 1.165) is 0 Å². The van der Waals surface area contributed by atoms with E-state index in [1.54, 1.807) is 45.0 Å². The summed E-state index contributed by atoms with van der Waals surface area (Å²) in [6, 6.07) is 5.37. The molecule has 0 fully saturated rings. The van der Waals surface area contributed by atoms with E-state index in [-0.39, 0.29) is 12.3 Å². The quantitative estimate of drug-likeness (QED) is 0.146. The normalized spacial score (nSPS) is 12.4. The van der Waals surface area contributed by atoms with E-state index in [2.05, 4.69) is 15.4 Å². The van der Waals surface area contributed by atoms with Crippen LogP contribution in [0.5, 0.6) is 0 Å². The number of carboxylic acids is 1. The van der Waals surface area contributed by atoms with E-state index < -0.39 is 41.1 Å². The molecule has 2 atom stereocenters. The Morgan fingerprint density at radius 1 is 1.09 bits per heavy atom. The van der Waals surface area contributed by atoms with E-state index in [0.29, 0.717) is 24.1 Å². The molecule has 0 saturated carbocycles. The Hall–Kier alpha value is -3.47. The van der Waals surface area contributed by atoms with E-state index in [4.69, 9.17) is 5.21 Å². The zero-order valence-corrected chi connectivity index (χ0v) is 20.4. The van der Waals surface area contributed by atoms with Gasteiger partial charge in [-0.05, 0) is 42.0 Å². The van der Waals surface area contributed by atoms with Crippen LogP contribution in [0.2, 0.25) is 0 Å². The van der Waals surface area contributed by atoms with Crippen LogP contribution in [0.1, 0.15) is 57.8 Å². The van der Waals surface area contributed by atoms with Crippen molar-refractivity contribution in [2.24, 2.45) is 17.3 Å². The van der Waals surface area contributed by atoms with Crippen molar-refractivity contribution in [2.45, 2.75) is 53.5 Å². The number of hydroxylamine groups is 1. The van der Waals surface area contributed by atoms with Gasteiger partial charge in [0.1, 0.15) is 6.04 Å². The molecule has 0 radical (unpaired) electrons. The second-order valence-electron chi connectivity index (χ2n) is 9.04. The molecule has 0 spiro atoms. The highest BCUT2D eigenvalue weighted by molar-refractivity contribution is 5.90. The number of carbonyl (C=O) groups is 5. The summed E-state index contributed by atoms with van der Waals surface area (Å²) in [6.45, 7) is 8.93. The van der Waals surface area contributed by atoms with Gasteiger partial charge in [-0.15, -0.1) is 0 Å². The number of ether oxygens (including phenoxy) is 1. The maximum atomic E-state index is 12.3. The second-order valence-corrected chi connectivity index (χ2v) is 9.04. The molecule has 34 heavy (non-hydrogen) atoms. The van der Waals surface area contributed by atoms with Crippen LogP contribution < -0.4 is 16.1 Å². The lowest BCUT2D eigenvalue weighted by molar-refractivity contribution is -0.146. The Morgan fingerprint density at radius 2 is 1.65 bits per heavy atom. The third kappa shape index (κ3) is 11.4. The van der Waals surface area contributed by atoms with Gasteiger partial charge >= 0.3 is 11.9 Å². The molecule has 0 aliphatic carbocycles. The van der Waals surface area contributed by atoms with Crippen molar-refractivity contribution < 1.29 is 39.0 Å². The summed E-state index contributed by atoms with van der Waals surface area (Å²) < 4.78 is 4.51. The fourth-order valence-corrected chi connectivity index (χ4v) is 2.92. The van der Waals surface area contributed by atoms with Crippen LogP contribution in [-0.4, -0.2) is 53.6 Å². The zero-order chi connectivity index (χ0) is 26.5. The topological polar surface area (TPSA) is 171 Å². The Kier molecular flexibility index (Phi) is 13.1. The van der Waals surface area contributed by atoms with Crippen molar-refractivity contribution in [1.29, 1.82) is 0 Å². The van der Waals surface area contributed by atoms with Crippen molar-refractivity contribution in [3.8, 4) is 0 Å². The smallest absolute Gasteiger partial charge is 0.337 e. The van der Waals surface area contributed by atoms with E-state index in [9.17, 15) is 29.1 Å². The van der Waals surface area contributed by atoms with Crippen LogP contribution in [0.15, 0.2) is 24.3 Å². The predicted octanol–water partition coefficient (Wildman–Crippen LogP) is 2.20. The number of carbonyl (C=O) groups excluding carboxylic acids is 4. The molecule has 1 aromatic carbocycles. The minimum absolute atomic E-state index is 0.158. The Bertz CT molecular complexity index is 832. The van der Waals surface area contributed by atoms with Gasteiger partial charge in [0.2, 0.25) is 18.2 Å². The van der Waals surface area contributed by atoms with Gasteiger partial charge in [0, 0.05) is 18.0 Å². The molecule has 0 aromatic heterocycles. The molecule has 11 nitrogen and oxygen atoms in total. The number of anilines is 1. The summed E-state index contributed by atoms with van der Waals surface area (Å²) in [5.74, 6) is -3.19. The van der Waals surface area contributed by atoms with Gasteiger partial charge in [0.15, 0.2) is 0 Å². The van der Waals surface area contributed by atoms with Crippen molar-refractivity contribution in [2.75, 3.05) is 12.4 Å². The fraction of sp³-hybridized carbons (Fsp3) is 0.522. The van der Waals surface area contributed by atoms with Crippen LogP contribution in [0.25, 0.3) is 0 Å². The Morgan fingerprint density at radius 3 is 2.03 bits per heavy atom. The maximum absolute atomic E-state index is 12.3. The van der Waals surface area contributed by atoms with E-state index in [1.165, 1.54) is 12.6 Å². The van der Waals surface area contributed by atoms with Crippen molar-refractivity contribution >= 4 is 35.9 Å². The summed E-state index contributed by atoms with van der Waals surface area (Å²) in [6.07, 6.45) is 0.819. The lowest BCUT2D eigenvalue weighted by Crippen LogP contribution is -2.51. The summed E-state index contributed by atoms with van der Waals surface area (Å²) in [4.78, 5) is 55.8. The third-order valence-corrected chi connectivity index (χ3v) is 4.61. The summed E-state index contributed by atoms with van der Waals surface area (Å²) in [5, 5.41) is 22.7. The highest BCUT2D eigenvalue weighted by Gasteiger charge is 2.35. The highest BCUT2D eigenvalue weighted by atomic mass is 16.5. The van der Waals surface area contributed by atoms with Gasteiger partial charge in [-0.25, -0.2) is 15.1 Å². The van der Waals surface area contributed by atoms with Gasteiger partial charge in [-0.1, -0.05) is 34.6 Å². The largest absolute Gasteiger partial charge is 0.480 e. The fourth-order valence-electron chi connectivity index (χ4n) is 2.92. The number of benzene rings is 1. The van der Waals surface area contributed by atoms with Gasteiger partial charge in [-0.2, -0.15) is 0 Å². The molecule has 0 heterocycles. The number of carboxylic acid groups (broad SMARTS) is 1. The van der Waals surface area contributed by atoms with Crippen LogP contribution >= 0.6 is 0 Å². The molecule has 0 bridgehead atoms. The molecule has 1 rings (SSSR count). The Balaban J connectivity index is 0.000000712. The van der Waals surface area contributed by atoms with Crippen molar-refractivity contribution in [3.05, 3.63) is 29.8 Å². The summed E-state index contributed by atoms with van der Waals surface area (Å²) >= 11 is 0. The third-order valence-electron chi connectivity index (χ3n) is 4.61. The first kappa shape index (κ1) is 30.5. The van der Waals surface area contributed by atoms with Crippen molar-refractivity contribution in [3.63, 3.8) is 0 Å². The number of methoxy groups -OCH3 is 1. The standard InChI is InChI=1S/C14H26N2O5.C9H9NO3/c1-8(2)6-9(7-10(17)16-21)12(18)15-11(13(19)20)14(3,4)5;1-13-9(12)7-2-4-8(5-3-7)10-6-11/h8-9,11,21H,6-7H2,1-5H3,(H,15,18)(H,16,17)(H,19,20);2-6H,1H3,(H,10,11)/t9?,11-;/m1./s1. The monoisotopic (exact) mass is 481 g/mol. The molecule has 190 valence electrons. The first-order valence-corrected chi connectivity index (χ1v) is 10.6. The number of aliphatic carboxylic acids is 1. The molecule has 1 unspecified atom stereocenters. The minimum atomic E-state index is -1.12. The van der Waals surface area contributed by atoms with Crippen LogP contribution in [0, 0.1) is 17.3 Å². The van der Waals surface area contributed by atoms with Crippen molar-refractivity contribution in [1.82, 2.24) is 10.8 Å². The van der Waals surface area contributed by atoms with Gasteiger partial charge in [0.05, 0.1) is 12.7 Å². The molecule has 0 saturated heterocycles. The maximum Gasteiger partial charge on any atom is 0.337 e. The van der Waals surface area contributed by atoms with Crippen LogP contribution in [0.4, 0.5) is 5.69 Å². The van der Waals surface area contributed by atoms with Crippen LogP contribution in [-0.2, 0) is 23.9 Å².